The van der Waals surface area contributed by atoms with E-state index in [-0.39, 0.29) is 0 Å². The number of aromatic nitrogens is 2. The molecule has 1 aliphatic carbocycles. The van der Waals surface area contributed by atoms with E-state index in [2.05, 4.69) is 34.2 Å². The van der Waals surface area contributed by atoms with Crippen LogP contribution >= 0.6 is 0 Å². The Morgan fingerprint density at radius 3 is 2.44 bits per heavy atom. The molecule has 4 rings (SSSR count). The molecule has 2 heterocycles. The van der Waals surface area contributed by atoms with E-state index in [1.54, 1.807) is 6.33 Å². The van der Waals surface area contributed by atoms with Crippen LogP contribution in [0.5, 0.6) is 0 Å². The minimum Gasteiger partial charge on any atom is -0.382 e. The van der Waals surface area contributed by atoms with Gasteiger partial charge >= 0.3 is 0 Å². The van der Waals surface area contributed by atoms with E-state index >= 15 is 0 Å². The maximum Gasteiger partial charge on any atom is 0.181 e. The van der Waals surface area contributed by atoms with E-state index in [9.17, 15) is 0 Å². The van der Waals surface area contributed by atoms with Gasteiger partial charge in [-0.25, -0.2) is 15.0 Å². The van der Waals surface area contributed by atoms with E-state index < -0.39 is 5.66 Å². The molecule has 0 radical (unpaired) electrons. The van der Waals surface area contributed by atoms with Gasteiger partial charge in [0.25, 0.3) is 0 Å². The molecule has 1 aromatic heterocycles. The molecule has 2 aliphatic rings. The molecule has 1 saturated carbocycles. The molecule has 0 unspecified atom stereocenters. The van der Waals surface area contributed by atoms with E-state index in [1.165, 1.54) is 19.3 Å². The number of amidine groups is 1. The van der Waals surface area contributed by atoms with Crippen molar-refractivity contribution in [3.05, 3.63) is 48.5 Å². The highest BCUT2D eigenvalue weighted by Gasteiger charge is 2.44. The summed E-state index contributed by atoms with van der Waals surface area (Å²) in [6.07, 6.45) is 11.3. The average Bonchev–Trinajstić information content (AvgIpc) is 2.99. The van der Waals surface area contributed by atoms with Gasteiger partial charge in [-0.1, -0.05) is 37.5 Å². The van der Waals surface area contributed by atoms with Gasteiger partial charge in [0.1, 0.15) is 12.2 Å². The van der Waals surface area contributed by atoms with Crippen LogP contribution in [-0.2, 0) is 5.66 Å². The highest BCUT2D eigenvalue weighted by Crippen LogP contribution is 2.46. The summed E-state index contributed by atoms with van der Waals surface area (Å²) in [6, 6.07) is 8.44. The van der Waals surface area contributed by atoms with Crippen molar-refractivity contribution >= 4 is 11.5 Å². The molecule has 0 bridgehead atoms. The lowest BCUT2D eigenvalue weighted by molar-refractivity contribution is 0.220. The van der Waals surface area contributed by atoms with Crippen molar-refractivity contribution in [2.24, 2.45) is 21.6 Å². The minimum absolute atomic E-state index is 0.402. The molecule has 2 N–H and O–H groups in total. The summed E-state index contributed by atoms with van der Waals surface area (Å²) >= 11 is 0. The van der Waals surface area contributed by atoms with Crippen LogP contribution in [0.3, 0.4) is 0 Å². The first-order chi connectivity index (χ1) is 12.2. The first-order valence-corrected chi connectivity index (χ1v) is 8.97. The second-order valence-electron chi connectivity index (χ2n) is 6.96. The van der Waals surface area contributed by atoms with Crippen LogP contribution in [0.1, 0.15) is 44.6 Å². The van der Waals surface area contributed by atoms with Gasteiger partial charge in [-0.2, -0.15) is 0 Å². The van der Waals surface area contributed by atoms with Gasteiger partial charge in [0.2, 0.25) is 0 Å². The van der Waals surface area contributed by atoms with E-state index in [0.29, 0.717) is 11.8 Å². The fourth-order valence-corrected chi connectivity index (χ4v) is 4.03. The quantitative estimate of drug-likeness (QED) is 0.930. The van der Waals surface area contributed by atoms with E-state index in [0.717, 1.165) is 35.2 Å². The second-order valence-corrected chi connectivity index (χ2v) is 6.96. The maximum atomic E-state index is 6.15. The normalized spacial score (nSPS) is 24.0. The summed E-state index contributed by atoms with van der Waals surface area (Å²) in [5.41, 5.74) is 9.62. The van der Waals surface area contributed by atoms with E-state index in [4.69, 9.17) is 15.7 Å². The summed E-state index contributed by atoms with van der Waals surface area (Å²) in [5, 5.41) is 0. The number of hydrogen-bond donors (Lipinski definition) is 1. The molecule has 1 aromatic carbocycles. The molecule has 1 aliphatic heterocycles. The Balaban J connectivity index is 1.81. The van der Waals surface area contributed by atoms with Crippen LogP contribution in [0.25, 0.3) is 11.1 Å². The lowest BCUT2D eigenvalue weighted by Gasteiger charge is -2.35. The number of benzene rings is 1. The van der Waals surface area contributed by atoms with Crippen LogP contribution in [-0.4, -0.2) is 21.5 Å². The monoisotopic (exact) mass is 333 g/mol. The molecule has 2 aromatic rings. The fourth-order valence-electron chi connectivity index (χ4n) is 4.03. The molecule has 0 saturated heterocycles. The van der Waals surface area contributed by atoms with Gasteiger partial charge in [-0.3, -0.25) is 4.99 Å². The Bertz CT molecular complexity index is 801. The topological polar surface area (TPSA) is 76.5 Å². The van der Waals surface area contributed by atoms with Gasteiger partial charge in [0.05, 0.1) is 5.71 Å². The number of nitrogens with zero attached hydrogens (tertiary/aromatic N) is 4. The predicted molar refractivity (Wildman–Crippen MR) is 100 cm³/mol. The van der Waals surface area contributed by atoms with Crippen molar-refractivity contribution in [1.29, 1.82) is 0 Å². The number of hydrogen-bond acceptors (Lipinski definition) is 5. The standard InChI is InChI=1S/C20H23N5/c1-14-19(21)25-20(24-14,17-7-3-2-4-8-17)18-9-5-6-15(10-18)16-11-22-13-23-12-16/h5-6,9-13,17H,2-4,7-8H2,1H3,(H2,21,25)/t20-/m0/s1. The summed E-state index contributed by atoms with van der Waals surface area (Å²) < 4.78 is 0. The van der Waals surface area contributed by atoms with Crippen LogP contribution in [0, 0.1) is 5.92 Å². The van der Waals surface area contributed by atoms with Gasteiger partial charge < -0.3 is 5.73 Å². The lowest BCUT2D eigenvalue weighted by atomic mass is 9.76. The maximum absolute atomic E-state index is 6.15. The molecule has 128 valence electrons. The lowest BCUT2D eigenvalue weighted by Crippen LogP contribution is -2.32. The Labute approximate surface area is 148 Å². The van der Waals surface area contributed by atoms with Gasteiger partial charge in [-0.05, 0) is 31.4 Å². The van der Waals surface area contributed by atoms with E-state index in [1.807, 2.05) is 19.3 Å². The Hall–Kier alpha value is -2.56. The minimum atomic E-state index is -0.569. The molecule has 0 spiro atoms. The SMILES string of the molecule is CC1=N[C@@](c2cccc(-c3cncnc3)c2)(C2CCCCC2)N=C1N. The molecule has 25 heavy (non-hydrogen) atoms. The molecular formula is C20H23N5. The van der Waals surface area contributed by atoms with Gasteiger partial charge in [0.15, 0.2) is 5.66 Å². The first-order valence-electron chi connectivity index (χ1n) is 8.97. The second kappa shape index (κ2) is 6.39. The van der Waals surface area contributed by atoms with Gasteiger partial charge in [0, 0.05) is 29.4 Å². The average molecular weight is 333 g/mol. The third-order valence-electron chi connectivity index (χ3n) is 5.36. The zero-order valence-electron chi connectivity index (χ0n) is 14.5. The Morgan fingerprint density at radius 1 is 1.00 bits per heavy atom. The fraction of sp³-hybridized carbons (Fsp3) is 0.400. The van der Waals surface area contributed by atoms with Crippen LogP contribution in [0.4, 0.5) is 0 Å². The summed E-state index contributed by atoms with van der Waals surface area (Å²) in [4.78, 5) is 18.1. The number of aliphatic imine (C=N–C) groups is 2. The predicted octanol–water partition coefficient (Wildman–Crippen LogP) is 3.71. The Kier molecular flexibility index (Phi) is 4.07. The van der Waals surface area contributed by atoms with Crippen molar-refractivity contribution in [2.45, 2.75) is 44.7 Å². The van der Waals surface area contributed by atoms with Crippen molar-refractivity contribution in [1.82, 2.24) is 9.97 Å². The molecule has 1 fully saturated rings. The third-order valence-corrected chi connectivity index (χ3v) is 5.36. The molecular weight excluding hydrogens is 310 g/mol. The number of nitrogens with two attached hydrogens (primary N) is 1. The highest BCUT2D eigenvalue weighted by molar-refractivity contribution is 6.41. The van der Waals surface area contributed by atoms with Crippen molar-refractivity contribution in [3.63, 3.8) is 0 Å². The van der Waals surface area contributed by atoms with Crippen molar-refractivity contribution < 1.29 is 0 Å². The summed E-state index contributed by atoms with van der Waals surface area (Å²) in [5.74, 6) is 0.971. The number of rotatable bonds is 3. The van der Waals surface area contributed by atoms with Crippen molar-refractivity contribution in [3.8, 4) is 11.1 Å². The molecule has 0 amide bonds. The van der Waals surface area contributed by atoms with Crippen molar-refractivity contribution in [2.75, 3.05) is 0 Å². The zero-order valence-corrected chi connectivity index (χ0v) is 14.5. The third kappa shape index (κ3) is 2.84. The molecule has 5 heteroatoms. The first kappa shape index (κ1) is 15.9. The largest absolute Gasteiger partial charge is 0.382 e. The smallest absolute Gasteiger partial charge is 0.181 e. The van der Waals surface area contributed by atoms with Gasteiger partial charge in [-0.15, -0.1) is 0 Å². The highest BCUT2D eigenvalue weighted by atomic mass is 15.2. The molecule has 5 nitrogen and oxygen atoms in total. The summed E-state index contributed by atoms with van der Waals surface area (Å²) in [7, 11) is 0. The Morgan fingerprint density at radius 2 is 1.76 bits per heavy atom. The molecule has 1 atom stereocenters. The van der Waals surface area contributed by atoms with Crippen LogP contribution in [0.15, 0.2) is 53.0 Å². The summed E-state index contributed by atoms with van der Waals surface area (Å²) in [6.45, 7) is 1.96. The van der Waals surface area contributed by atoms with Crippen LogP contribution < -0.4 is 5.73 Å². The zero-order chi connectivity index (χ0) is 17.3. The van der Waals surface area contributed by atoms with Crippen LogP contribution in [0.2, 0.25) is 0 Å².